The van der Waals surface area contributed by atoms with Crippen molar-refractivity contribution in [1.29, 1.82) is 0 Å². The Kier molecular flexibility index (Phi) is 5.10. The van der Waals surface area contributed by atoms with Gasteiger partial charge < -0.3 is 4.90 Å². The van der Waals surface area contributed by atoms with Gasteiger partial charge in [0.05, 0.1) is 5.41 Å². The van der Waals surface area contributed by atoms with Crippen molar-refractivity contribution in [3.8, 4) is 0 Å². The molecule has 3 heterocycles. The first-order chi connectivity index (χ1) is 12.2. The van der Waals surface area contributed by atoms with Gasteiger partial charge in [-0.1, -0.05) is 29.8 Å². The minimum absolute atomic E-state index is 0.0906. The van der Waals surface area contributed by atoms with Gasteiger partial charge in [0.1, 0.15) is 0 Å². The Bertz CT molecular complexity index is 628. The number of amides is 1. The van der Waals surface area contributed by atoms with Crippen molar-refractivity contribution >= 4 is 17.7 Å². The van der Waals surface area contributed by atoms with Crippen LogP contribution in [0.5, 0.6) is 0 Å². The smallest absolute Gasteiger partial charge is 0.230 e. The highest BCUT2D eigenvalue weighted by Crippen LogP contribution is 2.42. The van der Waals surface area contributed by atoms with Crippen LogP contribution >= 0.6 is 11.8 Å². The van der Waals surface area contributed by atoms with Gasteiger partial charge in [0, 0.05) is 25.7 Å². The molecule has 1 amide bonds. The lowest BCUT2D eigenvalue weighted by atomic mass is 9.78. The van der Waals surface area contributed by atoms with Crippen LogP contribution in [-0.2, 0) is 11.3 Å². The summed E-state index contributed by atoms with van der Waals surface area (Å²) in [4.78, 5) is 18.1. The van der Waals surface area contributed by atoms with Gasteiger partial charge in [-0.25, -0.2) is 0 Å². The molecule has 0 aliphatic carbocycles. The van der Waals surface area contributed by atoms with Gasteiger partial charge >= 0.3 is 0 Å². The zero-order chi connectivity index (χ0) is 17.3. The summed E-state index contributed by atoms with van der Waals surface area (Å²) < 4.78 is 0. The first-order valence-electron chi connectivity index (χ1n) is 9.83. The van der Waals surface area contributed by atoms with Crippen molar-refractivity contribution in [3.63, 3.8) is 0 Å². The first-order valence-corrected chi connectivity index (χ1v) is 11.0. The zero-order valence-corrected chi connectivity index (χ0v) is 16.2. The third-order valence-corrected chi connectivity index (χ3v) is 7.42. The fourth-order valence-electron chi connectivity index (χ4n) is 4.98. The zero-order valence-electron chi connectivity index (χ0n) is 15.4. The number of carbonyl (C=O) groups excluding carboxylic acids is 1. The Balaban J connectivity index is 1.44. The second-order valence-electron chi connectivity index (χ2n) is 8.16. The molecule has 4 rings (SSSR count). The van der Waals surface area contributed by atoms with Crippen LogP contribution in [0.15, 0.2) is 24.3 Å². The van der Waals surface area contributed by atoms with E-state index in [1.54, 1.807) is 0 Å². The fraction of sp³-hybridized carbons (Fsp3) is 0.667. The normalized spacial score (nSPS) is 28.8. The summed E-state index contributed by atoms with van der Waals surface area (Å²) in [6.45, 7) is 5.96. The van der Waals surface area contributed by atoms with Crippen LogP contribution in [0.3, 0.4) is 0 Å². The maximum absolute atomic E-state index is 13.4. The Morgan fingerprint density at radius 2 is 2.04 bits per heavy atom. The predicted molar refractivity (Wildman–Crippen MR) is 105 cm³/mol. The highest BCUT2D eigenvalue weighted by molar-refractivity contribution is 7.99. The van der Waals surface area contributed by atoms with Crippen molar-refractivity contribution in [1.82, 2.24) is 9.80 Å². The molecule has 3 saturated heterocycles. The van der Waals surface area contributed by atoms with Crippen LogP contribution in [0.25, 0.3) is 0 Å². The number of piperidine rings is 1. The van der Waals surface area contributed by atoms with E-state index in [9.17, 15) is 4.79 Å². The van der Waals surface area contributed by atoms with Crippen LogP contribution in [0.2, 0.25) is 0 Å². The number of rotatable bonds is 3. The Morgan fingerprint density at radius 1 is 1.20 bits per heavy atom. The summed E-state index contributed by atoms with van der Waals surface area (Å²) in [6, 6.07) is 9.32. The monoisotopic (exact) mass is 358 g/mol. The number of hydrogen-bond donors (Lipinski definition) is 0. The van der Waals surface area contributed by atoms with Crippen molar-refractivity contribution in [2.75, 3.05) is 31.1 Å². The molecule has 0 bridgehead atoms. The van der Waals surface area contributed by atoms with E-state index in [2.05, 4.69) is 52.8 Å². The van der Waals surface area contributed by atoms with E-state index < -0.39 is 0 Å². The summed E-state index contributed by atoms with van der Waals surface area (Å²) in [5.74, 6) is 3.01. The standard InChI is InChI=1S/C21H30N2OS/c1-17-4-2-5-18(14-17)15-22-10-3-8-21(20(22)24)9-11-23(16-21)19-6-12-25-13-7-19/h2,4-5,14,19H,3,6-13,15-16H2,1H3/t21-/m0/s1. The number of hydrogen-bond acceptors (Lipinski definition) is 3. The van der Waals surface area contributed by atoms with Gasteiger partial charge in [-0.05, 0) is 62.6 Å². The number of carbonyl (C=O) groups is 1. The SMILES string of the molecule is Cc1cccc(CN2CCC[C@@]3(CCN(C4CCSCC4)C3)C2=O)c1. The molecule has 3 aliphatic rings. The van der Waals surface area contributed by atoms with E-state index in [1.807, 2.05) is 0 Å². The Hall–Kier alpha value is -1.00. The van der Waals surface area contributed by atoms with Gasteiger partial charge in [0.2, 0.25) is 5.91 Å². The molecule has 0 unspecified atom stereocenters. The molecule has 0 saturated carbocycles. The molecule has 4 heteroatoms. The highest BCUT2D eigenvalue weighted by atomic mass is 32.2. The van der Waals surface area contributed by atoms with Crippen molar-refractivity contribution in [2.24, 2.45) is 5.41 Å². The lowest BCUT2D eigenvalue weighted by Crippen LogP contribution is -2.50. The van der Waals surface area contributed by atoms with Crippen LogP contribution in [0.4, 0.5) is 0 Å². The molecule has 0 N–H and O–H groups in total. The van der Waals surface area contributed by atoms with Crippen LogP contribution < -0.4 is 0 Å². The fourth-order valence-corrected chi connectivity index (χ4v) is 6.06. The minimum atomic E-state index is -0.0906. The van der Waals surface area contributed by atoms with Crippen LogP contribution in [0.1, 0.15) is 43.2 Å². The molecule has 1 aromatic rings. The van der Waals surface area contributed by atoms with Crippen molar-refractivity contribution in [2.45, 2.75) is 51.6 Å². The summed E-state index contributed by atoms with van der Waals surface area (Å²) in [5.41, 5.74) is 2.45. The molecule has 1 spiro atoms. The second kappa shape index (κ2) is 7.32. The van der Waals surface area contributed by atoms with Gasteiger partial charge in [0.25, 0.3) is 0 Å². The molecule has 25 heavy (non-hydrogen) atoms. The molecule has 3 aliphatic heterocycles. The summed E-state index contributed by atoms with van der Waals surface area (Å²) in [5, 5.41) is 0. The number of likely N-dealkylation sites (tertiary alicyclic amines) is 2. The number of thioether (sulfide) groups is 1. The van der Waals surface area contributed by atoms with E-state index in [-0.39, 0.29) is 5.41 Å². The second-order valence-corrected chi connectivity index (χ2v) is 9.39. The molecular weight excluding hydrogens is 328 g/mol. The third kappa shape index (κ3) is 3.61. The van der Waals surface area contributed by atoms with E-state index in [0.29, 0.717) is 5.91 Å². The average Bonchev–Trinajstić information content (AvgIpc) is 3.05. The van der Waals surface area contributed by atoms with E-state index in [1.165, 1.54) is 35.5 Å². The molecule has 3 fully saturated rings. The van der Waals surface area contributed by atoms with E-state index >= 15 is 0 Å². The molecule has 1 atom stereocenters. The topological polar surface area (TPSA) is 23.6 Å². The van der Waals surface area contributed by atoms with Crippen LogP contribution in [0, 0.1) is 12.3 Å². The van der Waals surface area contributed by atoms with E-state index in [4.69, 9.17) is 0 Å². The number of aryl methyl sites for hydroxylation is 1. The molecule has 136 valence electrons. The van der Waals surface area contributed by atoms with Gasteiger partial charge in [0.15, 0.2) is 0 Å². The summed E-state index contributed by atoms with van der Waals surface area (Å²) >= 11 is 2.09. The van der Waals surface area contributed by atoms with Gasteiger partial charge in [-0.15, -0.1) is 0 Å². The third-order valence-electron chi connectivity index (χ3n) is 6.37. The largest absolute Gasteiger partial charge is 0.338 e. The lowest BCUT2D eigenvalue weighted by molar-refractivity contribution is -0.146. The van der Waals surface area contributed by atoms with Gasteiger partial charge in [-0.3, -0.25) is 9.69 Å². The van der Waals surface area contributed by atoms with E-state index in [0.717, 1.165) is 51.5 Å². The molecule has 3 nitrogen and oxygen atoms in total. The lowest BCUT2D eigenvalue weighted by Gasteiger charge is -2.40. The summed E-state index contributed by atoms with van der Waals surface area (Å²) in [7, 11) is 0. The van der Waals surface area contributed by atoms with Gasteiger partial charge in [-0.2, -0.15) is 11.8 Å². The Morgan fingerprint density at radius 3 is 2.84 bits per heavy atom. The number of nitrogens with zero attached hydrogens (tertiary/aromatic N) is 2. The predicted octanol–water partition coefficient (Wildman–Crippen LogP) is 3.71. The maximum atomic E-state index is 13.4. The molecule has 1 aromatic carbocycles. The van der Waals surface area contributed by atoms with Crippen LogP contribution in [-0.4, -0.2) is 52.9 Å². The minimum Gasteiger partial charge on any atom is -0.338 e. The summed E-state index contributed by atoms with van der Waals surface area (Å²) in [6.07, 6.45) is 5.93. The molecule has 0 radical (unpaired) electrons. The Labute approximate surface area is 156 Å². The van der Waals surface area contributed by atoms with Crippen molar-refractivity contribution < 1.29 is 4.79 Å². The quantitative estimate of drug-likeness (QED) is 0.823. The first kappa shape index (κ1) is 17.4. The number of benzene rings is 1. The highest BCUT2D eigenvalue weighted by Gasteiger charge is 2.49. The maximum Gasteiger partial charge on any atom is 0.230 e. The van der Waals surface area contributed by atoms with Crippen molar-refractivity contribution in [3.05, 3.63) is 35.4 Å². The molecular formula is C21H30N2OS. The molecule has 0 aromatic heterocycles. The average molecular weight is 359 g/mol.